The van der Waals surface area contributed by atoms with Crippen LogP contribution < -0.4 is 5.32 Å². The van der Waals surface area contributed by atoms with Gasteiger partial charge >= 0.3 is 0 Å². The standard InChI is InChI=1S/C16H23NO2S2/c1-2-5-15(16-7-4-9-21-16)17-10-13(18)11-19-12-14-6-3-8-20-14/h3-4,6-9,13,15,17-18H,2,5,10-12H2,1H3. The van der Waals surface area contributed by atoms with Crippen LogP contribution in [0.4, 0.5) is 0 Å². The van der Waals surface area contributed by atoms with Crippen molar-refractivity contribution in [1.29, 1.82) is 0 Å². The van der Waals surface area contributed by atoms with Crippen molar-refractivity contribution >= 4 is 22.7 Å². The Morgan fingerprint density at radius 1 is 1.24 bits per heavy atom. The highest BCUT2D eigenvalue weighted by Gasteiger charge is 2.13. The monoisotopic (exact) mass is 325 g/mol. The molecule has 0 radical (unpaired) electrons. The van der Waals surface area contributed by atoms with Crippen molar-refractivity contribution in [2.75, 3.05) is 13.2 Å². The van der Waals surface area contributed by atoms with Gasteiger partial charge in [0.05, 0.1) is 19.3 Å². The Morgan fingerprint density at radius 2 is 2.05 bits per heavy atom. The number of hydrogen-bond acceptors (Lipinski definition) is 5. The van der Waals surface area contributed by atoms with Crippen LogP contribution in [0.25, 0.3) is 0 Å². The molecule has 0 amide bonds. The van der Waals surface area contributed by atoms with E-state index in [1.807, 2.05) is 17.5 Å². The van der Waals surface area contributed by atoms with Crippen molar-refractivity contribution in [2.24, 2.45) is 0 Å². The van der Waals surface area contributed by atoms with Gasteiger partial charge < -0.3 is 15.2 Å². The third kappa shape index (κ3) is 5.88. The highest BCUT2D eigenvalue weighted by Crippen LogP contribution is 2.23. The van der Waals surface area contributed by atoms with Crippen LogP contribution in [-0.4, -0.2) is 24.4 Å². The summed E-state index contributed by atoms with van der Waals surface area (Å²) >= 11 is 3.44. The topological polar surface area (TPSA) is 41.5 Å². The number of ether oxygens (including phenoxy) is 1. The van der Waals surface area contributed by atoms with Gasteiger partial charge in [0, 0.05) is 22.3 Å². The summed E-state index contributed by atoms with van der Waals surface area (Å²) in [7, 11) is 0. The van der Waals surface area contributed by atoms with Crippen LogP contribution in [0, 0.1) is 0 Å². The number of nitrogens with one attached hydrogen (secondary N) is 1. The van der Waals surface area contributed by atoms with Gasteiger partial charge in [0.15, 0.2) is 0 Å². The molecule has 0 spiro atoms. The van der Waals surface area contributed by atoms with E-state index in [-0.39, 0.29) is 0 Å². The predicted molar refractivity (Wildman–Crippen MR) is 90.0 cm³/mol. The second-order valence-corrected chi connectivity index (χ2v) is 7.02. The second kappa shape index (κ2) is 9.33. The molecule has 21 heavy (non-hydrogen) atoms. The fourth-order valence-corrected chi connectivity index (χ4v) is 3.63. The van der Waals surface area contributed by atoms with Crippen molar-refractivity contribution in [3.63, 3.8) is 0 Å². The van der Waals surface area contributed by atoms with Crippen molar-refractivity contribution in [1.82, 2.24) is 5.32 Å². The van der Waals surface area contributed by atoms with E-state index < -0.39 is 6.10 Å². The van der Waals surface area contributed by atoms with Crippen LogP contribution in [0.15, 0.2) is 35.0 Å². The van der Waals surface area contributed by atoms with Gasteiger partial charge in [-0.3, -0.25) is 0 Å². The molecule has 5 heteroatoms. The SMILES string of the molecule is CCCC(NCC(O)COCc1cccs1)c1cccs1. The summed E-state index contributed by atoms with van der Waals surface area (Å²) in [4.78, 5) is 2.53. The first kappa shape index (κ1) is 16.6. The lowest BCUT2D eigenvalue weighted by molar-refractivity contribution is 0.0284. The zero-order valence-corrected chi connectivity index (χ0v) is 14.0. The van der Waals surface area contributed by atoms with Crippen LogP contribution in [0.2, 0.25) is 0 Å². The number of rotatable bonds is 10. The van der Waals surface area contributed by atoms with Crippen LogP contribution in [0.3, 0.4) is 0 Å². The molecule has 2 aromatic heterocycles. The zero-order valence-electron chi connectivity index (χ0n) is 12.3. The van der Waals surface area contributed by atoms with Crippen molar-refractivity contribution in [2.45, 2.75) is 38.5 Å². The van der Waals surface area contributed by atoms with E-state index in [0.717, 1.165) is 12.8 Å². The smallest absolute Gasteiger partial charge is 0.0898 e. The van der Waals surface area contributed by atoms with Gasteiger partial charge in [-0.05, 0) is 29.3 Å². The summed E-state index contributed by atoms with van der Waals surface area (Å²) in [6, 6.07) is 8.62. The second-order valence-electron chi connectivity index (χ2n) is 5.01. The van der Waals surface area contributed by atoms with Crippen LogP contribution in [-0.2, 0) is 11.3 Å². The Hall–Kier alpha value is -0.720. The summed E-state index contributed by atoms with van der Waals surface area (Å²) in [6.45, 7) is 3.70. The fraction of sp³-hybridized carbons (Fsp3) is 0.500. The normalized spacial score (nSPS) is 14.2. The maximum Gasteiger partial charge on any atom is 0.0898 e. The first-order valence-electron chi connectivity index (χ1n) is 7.34. The summed E-state index contributed by atoms with van der Waals surface area (Å²) in [5, 5.41) is 17.6. The molecule has 0 saturated carbocycles. The molecule has 0 fully saturated rings. The van der Waals surface area contributed by atoms with Gasteiger partial charge in [-0.25, -0.2) is 0 Å². The minimum atomic E-state index is -0.468. The van der Waals surface area contributed by atoms with E-state index in [1.54, 1.807) is 22.7 Å². The molecule has 2 unspecified atom stereocenters. The molecule has 0 aliphatic heterocycles. The van der Waals surface area contributed by atoms with E-state index in [1.165, 1.54) is 9.75 Å². The summed E-state index contributed by atoms with van der Waals surface area (Å²) in [6.07, 6.45) is 1.74. The molecule has 0 aromatic carbocycles. The third-order valence-corrected chi connectivity index (χ3v) is 5.03. The van der Waals surface area contributed by atoms with Crippen LogP contribution in [0.1, 0.15) is 35.6 Å². The third-order valence-electron chi connectivity index (χ3n) is 3.20. The Kier molecular flexibility index (Phi) is 7.39. The summed E-state index contributed by atoms with van der Waals surface area (Å²) < 4.78 is 5.55. The molecule has 2 atom stereocenters. The lowest BCUT2D eigenvalue weighted by Gasteiger charge is -2.19. The number of thiophene rings is 2. The average molecular weight is 325 g/mol. The summed E-state index contributed by atoms with van der Waals surface area (Å²) in [5.41, 5.74) is 0. The predicted octanol–water partition coefficient (Wildman–Crippen LogP) is 3.82. The molecule has 3 nitrogen and oxygen atoms in total. The molecule has 2 heterocycles. The molecule has 0 bridgehead atoms. The van der Waals surface area contributed by atoms with E-state index in [2.05, 4.69) is 29.8 Å². The lowest BCUT2D eigenvalue weighted by atomic mass is 10.1. The Bertz CT molecular complexity index is 470. The molecular formula is C16H23NO2S2. The van der Waals surface area contributed by atoms with Crippen LogP contribution >= 0.6 is 22.7 Å². The van der Waals surface area contributed by atoms with Crippen molar-refractivity contribution < 1.29 is 9.84 Å². The highest BCUT2D eigenvalue weighted by molar-refractivity contribution is 7.10. The fourth-order valence-electron chi connectivity index (χ4n) is 2.15. The van der Waals surface area contributed by atoms with Gasteiger partial charge in [0.2, 0.25) is 0 Å². The Balaban J connectivity index is 1.67. The molecule has 2 N–H and O–H groups in total. The van der Waals surface area contributed by atoms with Crippen LogP contribution in [0.5, 0.6) is 0 Å². The first-order valence-corrected chi connectivity index (χ1v) is 9.10. The first-order chi connectivity index (χ1) is 10.3. The van der Waals surface area contributed by atoms with E-state index in [9.17, 15) is 5.11 Å². The zero-order chi connectivity index (χ0) is 14.9. The molecule has 116 valence electrons. The quantitative estimate of drug-likeness (QED) is 0.698. The largest absolute Gasteiger partial charge is 0.389 e. The van der Waals surface area contributed by atoms with Gasteiger partial charge in [0.1, 0.15) is 0 Å². The van der Waals surface area contributed by atoms with Crippen molar-refractivity contribution in [3.05, 3.63) is 44.8 Å². The molecular weight excluding hydrogens is 302 g/mol. The number of aliphatic hydroxyl groups excluding tert-OH is 1. The molecule has 0 aliphatic rings. The number of aliphatic hydroxyl groups is 1. The summed E-state index contributed by atoms with van der Waals surface area (Å²) in [5.74, 6) is 0. The average Bonchev–Trinajstić information content (AvgIpc) is 3.16. The van der Waals surface area contributed by atoms with Gasteiger partial charge in [-0.15, -0.1) is 22.7 Å². The van der Waals surface area contributed by atoms with Gasteiger partial charge in [0.25, 0.3) is 0 Å². The minimum absolute atomic E-state index is 0.335. The molecule has 2 aromatic rings. The molecule has 2 rings (SSSR count). The van der Waals surface area contributed by atoms with E-state index >= 15 is 0 Å². The van der Waals surface area contributed by atoms with E-state index in [0.29, 0.717) is 25.8 Å². The lowest BCUT2D eigenvalue weighted by Crippen LogP contribution is -2.32. The minimum Gasteiger partial charge on any atom is -0.389 e. The van der Waals surface area contributed by atoms with Gasteiger partial charge in [-0.1, -0.05) is 25.5 Å². The number of hydrogen-bond donors (Lipinski definition) is 2. The highest BCUT2D eigenvalue weighted by atomic mass is 32.1. The molecule has 0 aliphatic carbocycles. The Morgan fingerprint density at radius 3 is 2.71 bits per heavy atom. The molecule has 0 saturated heterocycles. The van der Waals surface area contributed by atoms with Crippen molar-refractivity contribution in [3.8, 4) is 0 Å². The van der Waals surface area contributed by atoms with Gasteiger partial charge in [-0.2, -0.15) is 0 Å². The van der Waals surface area contributed by atoms with E-state index in [4.69, 9.17) is 4.74 Å². The maximum absolute atomic E-state index is 10.0. The Labute approximate surface area is 134 Å². The maximum atomic E-state index is 10.0.